The van der Waals surface area contributed by atoms with Gasteiger partial charge in [0, 0.05) is 0 Å². The van der Waals surface area contributed by atoms with E-state index in [2.05, 4.69) is 13.8 Å². The van der Waals surface area contributed by atoms with E-state index in [-0.39, 0.29) is 13.2 Å². The molecular weight excluding hydrogens is 468 g/mol. The number of carbonyl (C=O) groups is 2. The SMILES string of the molecule is CCCCCCCCCCCCOC(=O)C(C(=O)OCCCCCCCCCCCC)S(=O)(=O)O. The molecule has 0 saturated carbocycles. The van der Waals surface area contributed by atoms with Gasteiger partial charge in [0.2, 0.25) is 0 Å². The van der Waals surface area contributed by atoms with Crippen molar-refractivity contribution >= 4 is 22.1 Å². The number of carbonyl (C=O) groups excluding carboxylic acids is 2. The average molecular weight is 521 g/mol. The Kier molecular flexibility index (Phi) is 22.5. The lowest BCUT2D eigenvalue weighted by molar-refractivity contribution is -0.154. The van der Waals surface area contributed by atoms with Crippen LogP contribution < -0.4 is 0 Å². The van der Waals surface area contributed by atoms with Crippen LogP contribution in [0.5, 0.6) is 0 Å². The summed E-state index contributed by atoms with van der Waals surface area (Å²) in [6.45, 7) is 4.45. The molecule has 0 saturated heterocycles. The van der Waals surface area contributed by atoms with E-state index in [0.29, 0.717) is 12.8 Å². The van der Waals surface area contributed by atoms with Crippen molar-refractivity contribution in [3.63, 3.8) is 0 Å². The summed E-state index contributed by atoms with van der Waals surface area (Å²) in [5, 5.41) is -2.33. The molecule has 0 heterocycles. The minimum atomic E-state index is -4.94. The molecule has 0 aromatic rings. The summed E-state index contributed by atoms with van der Waals surface area (Å²) >= 11 is 0. The molecular formula is C27H52O7S. The highest BCUT2D eigenvalue weighted by Gasteiger charge is 2.41. The van der Waals surface area contributed by atoms with E-state index in [1.54, 1.807) is 0 Å². The topological polar surface area (TPSA) is 107 Å². The Labute approximate surface area is 214 Å². The van der Waals surface area contributed by atoms with Gasteiger partial charge >= 0.3 is 11.9 Å². The molecule has 0 aromatic carbocycles. The second-order valence-corrected chi connectivity index (χ2v) is 11.1. The molecule has 208 valence electrons. The van der Waals surface area contributed by atoms with Crippen LogP contribution in [0.25, 0.3) is 0 Å². The predicted octanol–water partition coefficient (Wildman–Crippen LogP) is 7.17. The number of ether oxygens (including phenoxy) is 2. The van der Waals surface area contributed by atoms with Crippen LogP contribution in [0.1, 0.15) is 142 Å². The van der Waals surface area contributed by atoms with Gasteiger partial charge in [-0.15, -0.1) is 0 Å². The number of unbranched alkanes of at least 4 members (excludes halogenated alkanes) is 18. The van der Waals surface area contributed by atoms with Gasteiger partial charge in [-0.1, -0.05) is 129 Å². The number of rotatable bonds is 25. The first-order valence-corrected chi connectivity index (χ1v) is 15.6. The lowest BCUT2D eigenvalue weighted by atomic mass is 10.1. The van der Waals surface area contributed by atoms with Gasteiger partial charge < -0.3 is 9.47 Å². The fourth-order valence-electron chi connectivity index (χ4n) is 4.02. The minimum Gasteiger partial charge on any atom is -0.464 e. The third-order valence-electron chi connectivity index (χ3n) is 6.21. The van der Waals surface area contributed by atoms with Crippen molar-refractivity contribution in [1.82, 2.24) is 0 Å². The van der Waals surface area contributed by atoms with Crippen molar-refractivity contribution in [2.45, 2.75) is 148 Å². The number of esters is 2. The highest BCUT2D eigenvalue weighted by molar-refractivity contribution is 7.88. The second kappa shape index (κ2) is 23.3. The molecule has 0 bridgehead atoms. The van der Waals surface area contributed by atoms with E-state index in [4.69, 9.17) is 9.47 Å². The largest absolute Gasteiger partial charge is 0.464 e. The van der Waals surface area contributed by atoms with Crippen molar-refractivity contribution in [3.05, 3.63) is 0 Å². The van der Waals surface area contributed by atoms with Gasteiger partial charge in [0.15, 0.2) is 0 Å². The monoisotopic (exact) mass is 520 g/mol. The van der Waals surface area contributed by atoms with Crippen molar-refractivity contribution in [3.8, 4) is 0 Å². The molecule has 0 aromatic heterocycles. The van der Waals surface area contributed by atoms with Crippen LogP contribution in [-0.2, 0) is 29.2 Å². The molecule has 1 N–H and O–H groups in total. The summed E-state index contributed by atoms with van der Waals surface area (Å²) in [7, 11) is -4.94. The first-order valence-electron chi connectivity index (χ1n) is 14.1. The second-order valence-electron chi connectivity index (χ2n) is 9.59. The van der Waals surface area contributed by atoms with Crippen LogP contribution in [0.4, 0.5) is 0 Å². The summed E-state index contributed by atoms with van der Waals surface area (Å²) in [4.78, 5) is 24.3. The molecule has 0 aliphatic carbocycles. The smallest absolute Gasteiger partial charge is 0.338 e. The zero-order chi connectivity index (χ0) is 26.2. The van der Waals surface area contributed by atoms with Gasteiger partial charge in [0.1, 0.15) is 0 Å². The van der Waals surface area contributed by atoms with E-state index < -0.39 is 27.3 Å². The van der Waals surface area contributed by atoms with E-state index in [9.17, 15) is 22.6 Å². The zero-order valence-electron chi connectivity index (χ0n) is 22.4. The van der Waals surface area contributed by atoms with Crippen LogP contribution >= 0.6 is 0 Å². The Morgan fingerprint density at radius 3 is 1.06 bits per heavy atom. The van der Waals surface area contributed by atoms with Crippen LogP contribution in [-0.4, -0.2) is 43.4 Å². The van der Waals surface area contributed by atoms with E-state index in [1.807, 2.05) is 0 Å². The number of hydrogen-bond acceptors (Lipinski definition) is 6. The van der Waals surface area contributed by atoms with Crippen molar-refractivity contribution in [2.24, 2.45) is 0 Å². The van der Waals surface area contributed by atoms with E-state index in [0.717, 1.165) is 38.5 Å². The van der Waals surface area contributed by atoms with Crippen molar-refractivity contribution in [1.29, 1.82) is 0 Å². The maximum absolute atomic E-state index is 12.1. The van der Waals surface area contributed by atoms with E-state index >= 15 is 0 Å². The van der Waals surface area contributed by atoms with Gasteiger partial charge in [0.25, 0.3) is 15.4 Å². The molecule has 0 atom stereocenters. The molecule has 0 fully saturated rings. The van der Waals surface area contributed by atoms with Crippen LogP contribution in [0.2, 0.25) is 0 Å². The summed E-state index contributed by atoms with van der Waals surface area (Å²) in [6, 6.07) is 0. The maximum atomic E-state index is 12.1. The predicted molar refractivity (Wildman–Crippen MR) is 141 cm³/mol. The summed E-state index contributed by atoms with van der Waals surface area (Å²) < 4.78 is 42.4. The fourth-order valence-corrected chi connectivity index (χ4v) is 4.64. The Morgan fingerprint density at radius 1 is 0.543 bits per heavy atom. The maximum Gasteiger partial charge on any atom is 0.338 e. The van der Waals surface area contributed by atoms with Crippen LogP contribution in [0, 0.1) is 0 Å². The van der Waals surface area contributed by atoms with Crippen LogP contribution in [0.3, 0.4) is 0 Å². The standard InChI is InChI=1S/C27H52O7S/c1-3-5-7-9-11-13-15-17-19-21-23-33-26(28)25(35(30,31)32)27(29)34-24-22-20-18-16-14-12-10-8-6-4-2/h25H,3-24H2,1-2H3,(H,30,31,32). The molecule has 35 heavy (non-hydrogen) atoms. The van der Waals surface area contributed by atoms with Gasteiger partial charge in [-0.25, -0.2) is 9.59 Å². The van der Waals surface area contributed by atoms with Gasteiger partial charge in [-0.05, 0) is 12.8 Å². The van der Waals surface area contributed by atoms with Gasteiger partial charge in [-0.3, -0.25) is 4.55 Å². The molecule has 0 rings (SSSR count). The summed E-state index contributed by atoms with van der Waals surface area (Å²) in [6.07, 6.45) is 22.3. The third kappa shape index (κ3) is 20.7. The lowest BCUT2D eigenvalue weighted by Gasteiger charge is -2.13. The van der Waals surface area contributed by atoms with Crippen molar-refractivity contribution in [2.75, 3.05) is 13.2 Å². The molecule has 0 spiro atoms. The first-order chi connectivity index (χ1) is 16.8. The Morgan fingerprint density at radius 2 is 0.800 bits per heavy atom. The molecule has 0 radical (unpaired) electrons. The quantitative estimate of drug-likeness (QED) is 0.0588. The third-order valence-corrected chi connectivity index (χ3v) is 7.19. The molecule has 0 aliphatic rings. The zero-order valence-corrected chi connectivity index (χ0v) is 23.3. The van der Waals surface area contributed by atoms with Crippen molar-refractivity contribution < 1.29 is 32.0 Å². The summed E-state index contributed by atoms with van der Waals surface area (Å²) in [5.74, 6) is -2.53. The molecule has 0 aliphatic heterocycles. The minimum absolute atomic E-state index is 0.0209. The Hall–Kier alpha value is -1.15. The lowest BCUT2D eigenvalue weighted by Crippen LogP contribution is -2.40. The molecule has 8 heteroatoms. The Balaban J connectivity index is 3.96. The highest BCUT2D eigenvalue weighted by atomic mass is 32.2. The van der Waals surface area contributed by atoms with E-state index in [1.165, 1.54) is 77.0 Å². The fraction of sp³-hybridized carbons (Fsp3) is 0.926. The van der Waals surface area contributed by atoms with Gasteiger partial charge in [0.05, 0.1) is 13.2 Å². The normalized spacial score (nSPS) is 11.7. The first kappa shape index (κ1) is 33.8. The summed E-state index contributed by atoms with van der Waals surface area (Å²) in [5.41, 5.74) is 0. The number of hydrogen-bond donors (Lipinski definition) is 1. The van der Waals surface area contributed by atoms with Crippen LogP contribution in [0.15, 0.2) is 0 Å². The highest BCUT2D eigenvalue weighted by Crippen LogP contribution is 2.13. The Bertz CT molecular complexity index is 581. The molecule has 0 amide bonds. The van der Waals surface area contributed by atoms with Gasteiger partial charge in [-0.2, -0.15) is 8.42 Å². The average Bonchev–Trinajstić information content (AvgIpc) is 2.80. The molecule has 0 unspecified atom stereocenters. The molecule has 7 nitrogen and oxygen atoms in total.